The Morgan fingerprint density at radius 2 is 1.93 bits per heavy atom. The molecule has 216 valence electrons. The molecule has 4 fully saturated rings. The van der Waals surface area contributed by atoms with Crippen LogP contribution in [0.2, 0.25) is 0 Å². The molecule has 1 aromatic heterocycles. The fourth-order valence-corrected chi connectivity index (χ4v) is 7.21. The van der Waals surface area contributed by atoms with Gasteiger partial charge in [0.05, 0.1) is 24.3 Å². The van der Waals surface area contributed by atoms with Crippen LogP contribution in [0.4, 0.5) is 5.82 Å². The first-order valence-electron chi connectivity index (χ1n) is 14.9. The number of hydrogen-bond donors (Lipinski definition) is 1. The molecule has 4 atom stereocenters. The molecule has 0 radical (unpaired) electrons. The summed E-state index contributed by atoms with van der Waals surface area (Å²) in [6.07, 6.45) is 3.06. The Bertz CT molecular complexity index is 1610. The summed E-state index contributed by atoms with van der Waals surface area (Å²) in [4.78, 5) is 48.2. The summed E-state index contributed by atoms with van der Waals surface area (Å²) < 4.78 is 12.1. The molecule has 5 aliphatic rings. The molecule has 2 aromatic carbocycles. The van der Waals surface area contributed by atoms with Gasteiger partial charge in [0.2, 0.25) is 11.8 Å². The first-order valence-corrected chi connectivity index (χ1v) is 14.9. The highest BCUT2D eigenvalue weighted by atomic mass is 16.5. The molecule has 10 heteroatoms. The summed E-state index contributed by atoms with van der Waals surface area (Å²) in [5.41, 5.74) is 3.74. The predicted molar refractivity (Wildman–Crippen MR) is 154 cm³/mol. The highest BCUT2D eigenvalue weighted by Crippen LogP contribution is 2.33. The number of likely N-dealkylation sites (tertiary alicyclic amines) is 1. The zero-order chi connectivity index (χ0) is 28.4. The SMILES string of the molecule is O=C1CCC(N2Cc3cc(O[C@H]4CCN(Cc5ccc6nc(N7C[C@H]8C[C@@H]7CO8)ccc6c5)C4)ccc3C2=O)C(=O)N1. The normalized spacial score (nSPS) is 27.3. The molecule has 0 spiro atoms. The summed E-state index contributed by atoms with van der Waals surface area (Å²) >= 11 is 0. The second-order valence-electron chi connectivity index (χ2n) is 12.2. The van der Waals surface area contributed by atoms with Crippen LogP contribution in [-0.2, 0) is 27.4 Å². The lowest BCUT2D eigenvalue weighted by Gasteiger charge is -2.29. The average molecular weight is 568 g/mol. The highest BCUT2D eigenvalue weighted by molar-refractivity contribution is 6.05. The molecule has 10 nitrogen and oxygen atoms in total. The number of carbonyl (C=O) groups is 3. The summed E-state index contributed by atoms with van der Waals surface area (Å²) in [6, 6.07) is 16.3. The lowest BCUT2D eigenvalue weighted by Crippen LogP contribution is -2.52. The third-order valence-corrected chi connectivity index (χ3v) is 9.37. The van der Waals surface area contributed by atoms with Crippen molar-refractivity contribution in [3.05, 3.63) is 65.2 Å². The number of anilines is 1. The molecular weight excluding hydrogens is 534 g/mol. The Kier molecular flexibility index (Phi) is 6.15. The second kappa shape index (κ2) is 10.1. The zero-order valence-electron chi connectivity index (χ0n) is 23.3. The van der Waals surface area contributed by atoms with Gasteiger partial charge < -0.3 is 19.3 Å². The molecule has 1 unspecified atom stereocenters. The molecule has 0 saturated carbocycles. The van der Waals surface area contributed by atoms with Crippen LogP contribution in [0.1, 0.15) is 47.2 Å². The number of piperidine rings is 1. The average Bonchev–Trinajstić information content (AvgIpc) is 3.78. The number of benzene rings is 2. The van der Waals surface area contributed by atoms with E-state index in [0.29, 0.717) is 30.7 Å². The van der Waals surface area contributed by atoms with Crippen molar-refractivity contribution in [1.29, 1.82) is 0 Å². The number of nitrogens with zero attached hydrogens (tertiary/aromatic N) is 4. The van der Waals surface area contributed by atoms with Crippen molar-refractivity contribution in [1.82, 2.24) is 20.1 Å². The van der Waals surface area contributed by atoms with E-state index >= 15 is 0 Å². The molecule has 3 amide bonds. The summed E-state index contributed by atoms with van der Waals surface area (Å²) in [6.45, 7) is 4.72. The molecule has 6 heterocycles. The maximum atomic E-state index is 13.0. The van der Waals surface area contributed by atoms with Gasteiger partial charge in [0.25, 0.3) is 5.91 Å². The first-order chi connectivity index (χ1) is 20.5. The van der Waals surface area contributed by atoms with Gasteiger partial charge in [-0.25, -0.2) is 4.98 Å². The van der Waals surface area contributed by atoms with E-state index < -0.39 is 11.9 Å². The minimum absolute atomic E-state index is 0.0656. The largest absolute Gasteiger partial charge is 0.489 e. The minimum Gasteiger partial charge on any atom is -0.489 e. The van der Waals surface area contributed by atoms with Crippen LogP contribution in [-0.4, -0.2) is 83.0 Å². The quantitative estimate of drug-likeness (QED) is 0.454. The van der Waals surface area contributed by atoms with Gasteiger partial charge in [0, 0.05) is 50.1 Å². The van der Waals surface area contributed by atoms with Crippen molar-refractivity contribution >= 4 is 34.4 Å². The van der Waals surface area contributed by atoms with Gasteiger partial charge in [-0.15, -0.1) is 0 Å². The number of fused-ring (bicyclic) bond motifs is 4. The van der Waals surface area contributed by atoms with Crippen molar-refractivity contribution in [3.63, 3.8) is 0 Å². The van der Waals surface area contributed by atoms with Crippen LogP contribution in [0.15, 0.2) is 48.5 Å². The topological polar surface area (TPSA) is 104 Å². The summed E-state index contributed by atoms with van der Waals surface area (Å²) in [5.74, 6) is 0.937. The molecule has 1 N–H and O–H groups in total. The van der Waals surface area contributed by atoms with Crippen molar-refractivity contribution in [3.8, 4) is 5.75 Å². The summed E-state index contributed by atoms with van der Waals surface area (Å²) in [7, 11) is 0. The number of pyridine rings is 1. The van der Waals surface area contributed by atoms with Crippen LogP contribution in [0, 0.1) is 0 Å². The molecule has 5 aliphatic heterocycles. The van der Waals surface area contributed by atoms with E-state index in [1.807, 2.05) is 12.1 Å². The van der Waals surface area contributed by atoms with E-state index in [1.54, 1.807) is 11.0 Å². The molecule has 3 aromatic rings. The third kappa shape index (κ3) is 4.59. The minimum atomic E-state index is -0.612. The van der Waals surface area contributed by atoms with Crippen LogP contribution in [0.25, 0.3) is 10.9 Å². The van der Waals surface area contributed by atoms with Gasteiger partial charge in [0.1, 0.15) is 23.7 Å². The molecule has 8 rings (SSSR count). The van der Waals surface area contributed by atoms with Crippen LogP contribution >= 0.6 is 0 Å². The highest BCUT2D eigenvalue weighted by Gasteiger charge is 2.40. The van der Waals surface area contributed by atoms with Gasteiger partial charge in [-0.05, 0) is 72.9 Å². The third-order valence-electron chi connectivity index (χ3n) is 9.37. The number of nitrogens with one attached hydrogen (secondary N) is 1. The van der Waals surface area contributed by atoms with Crippen LogP contribution < -0.4 is 15.0 Å². The van der Waals surface area contributed by atoms with E-state index in [9.17, 15) is 14.4 Å². The molecule has 4 saturated heterocycles. The summed E-state index contributed by atoms with van der Waals surface area (Å²) in [5, 5.41) is 3.51. The van der Waals surface area contributed by atoms with Gasteiger partial charge in [-0.2, -0.15) is 0 Å². The van der Waals surface area contributed by atoms with Crippen LogP contribution in [0.5, 0.6) is 5.75 Å². The van der Waals surface area contributed by atoms with Gasteiger partial charge in [-0.1, -0.05) is 6.07 Å². The van der Waals surface area contributed by atoms with Gasteiger partial charge in [0.15, 0.2) is 0 Å². The Morgan fingerprint density at radius 1 is 1.00 bits per heavy atom. The lowest BCUT2D eigenvalue weighted by molar-refractivity contribution is -0.136. The Hall–Kier alpha value is -4.02. The standard InChI is InChI=1S/C32H33N5O5/c38-30-8-6-28(31(39)34-30)37-15-21-12-23(3-4-26(21)32(37)40)42-24-9-10-35(16-24)14-19-1-5-27-20(11-19)2-7-29(33-27)36-17-25-13-22(36)18-41-25/h1-5,7,11-12,22,24-25,28H,6,8-10,13-18H2,(H,34,38,39)/t22-,24+,25-,28?/m1/s1. The van der Waals surface area contributed by atoms with Gasteiger partial charge in [-0.3, -0.25) is 24.6 Å². The maximum absolute atomic E-state index is 13.0. The van der Waals surface area contributed by atoms with E-state index in [2.05, 4.69) is 45.4 Å². The monoisotopic (exact) mass is 567 g/mol. The molecule has 2 bridgehead atoms. The fraction of sp³-hybridized carbons (Fsp3) is 0.438. The number of amides is 3. The van der Waals surface area contributed by atoms with Crippen LogP contribution in [0.3, 0.4) is 0 Å². The van der Waals surface area contributed by atoms with E-state index in [4.69, 9.17) is 14.5 Å². The maximum Gasteiger partial charge on any atom is 0.255 e. The molecular formula is C32H33N5O5. The van der Waals surface area contributed by atoms with Crippen molar-refractivity contribution in [2.45, 2.75) is 63.1 Å². The zero-order valence-corrected chi connectivity index (χ0v) is 23.3. The number of rotatable bonds is 6. The molecule has 42 heavy (non-hydrogen) atoms. The van der Waals surface area contributed by atoms with Crippen molar-refractivity contribution in [2.75, 3.05) is 31.1 Å². The number of imide groups is 1. The number of morpholine rings is 1. The van der Waals surface area contributed by atoms with E-state index in [0.717, 1.165) is 73.7 Å². The Balaban J connectivity index is 0.886. The first kappa shape index (κ1) is 25.7. The number of carbonyl (C=O) groups excluding carboxylic acids is 3. The Morgan fingerprint density at radius 3 is 2.76 bits per heavy atom. The number of hydrogen-bond acceptors (Lipinski definition) is 8. The van der Waals surface area contributed by atoms with Crippen molar-refractivity contribution in [2.24, 2.45) is 0 Å². The number of aromatic nitrogens is 1. The van der Waals surface area contributed by atoms with Crippen molar-refractivity contribution < 1.29 is 23.9 Å². The second-order valence-corrected chi connectivity index (χ2v) is 12.2. The smallest absolute Gasteiger partial charge is 0.255 e. The van der Waals surface area contributed by atoms with E-state index in [1.165, 1.54) is 5.56 Å². The van der Waals surface area contributed by atoms with E-state index in [-0.39, 0.29) is 24.3 Å². The number of ether oxygens (including phenoxy) is 2. The molecule has 0 aliphatic carbocycles. The Labute approximate surface area is 243 Å². The predicted octanol–water partition coefficient (Wildman–Crippen LogP) is 2.63. The lowest BCUT2D eigenvalue weighted by atomic mass is 10.0. The van der Waals surface area contributed by atoms with Gasteiger partial charge >= 0.3 is 0 Å². The fourth-order valence-electron chi connectivity index (χ4n) is 7.21.